The molecule has 1 saturated carbocycles. The number of allylic oxidation sites excluding steroid dienone is 2. The molecule has 3 heteroatoms. The van der Waals surface area contributed by atoms with Gasteiger partial charge in [-0.1, -0.05) is 18.6 Å². The van der Waals surface area contributed by atoms with Crippen LogP contribution in [0.1, 0.15) is 52.9 Å². The van der Waals surface area contributed by atoms with Crippen LogP contribution in [0, 0.1) is 5.41 Å². The predicted molar refractivity (Wildman–Crippen MR) is 74.7 cm³/mol. The number of hydrogen-bond acceptors (Lipinski definition) is 3. The second-order valence-corrected chi connectivity index (χ2v) is 6.25. The van der Waals surface area contributed by atoms with Gasteiger partial charge >= 0.3 is 0 Å². The fraction of sp³-hybridized carbons (Fsp3) is 0.688. The maximum absolute atomic E-state index is 12.4. The molecular formula is C16H24O3. The van der Waals surface area contributed by atoms with Crippen molar-refractivity contribution in [2.75, 3.05) is 0 Å². The highest BCUT2D eigenvalue weighted by molar-refractivity contribution is 6.09. The van der Waals surface area contributed by atoms with E-state index in [2.05, 4.69) is 6.92 Å². The molecule has 19 heavy (non-hydrogen) atoms. The van der Waals surface area contributed by atoms with Crippen molar-refractivity contribution in [2.45, 2.75) is 65.1 Å². The zero-order chi connectivity index (χ0) is 14.2. The smallest absolute Gasteiger partial charge is 0.184 e. The van der Waals surface area contributed by atoms with Crippen molar-refractivity contribution >= 4 is 5.78 Å². The molecule has 2 N–H and O–H groups in total. The van der Waals surface area contributed by atoms with E-state index in [9.17, 15) is 15.0 Å². The van der Waals surface area contributed by atoms with Gasteiger partial charge in [0.05, 0.1) is 12.2 Å². The van der Waals surface area contributed by atoms with Gasteiger partial charge in [-0.15, -0.1) is 0 Å². The molecule has 0 aromatic carbocycles. The lowest BCUT2D eigenvalue weighted by atomic mass is 9.61. The molecule has 0 heterocycles. The summed E-state index contributed by atoms with van der Waals surface area (Å²) in [6, 6.07) is 0. The Morgan fingerprint density at radius 1 is 1.53 bits per heavy atom. The van der Waals surface area contributed by atoms with Crippen LogP contribution < -0.4 is 0 Å². The van der Waals surface area contributed by atoms with Gasteiger partial charge in [-0.3, -0.25) is 4.79 Å². The first-order chi connectivity index (χ1) is 8.86. The van der Waals surface area contributed by atoms with Crippen LogP contribution in [0.3, 0.4) is 0 Å². The van der Waals surface area contributed by atoms with E-state index in [0.29, 0.717) is 12.8 Å². The number of ketones is 1. The highest BCUT2D eigenvalue weighted by Crippen LogP contribution is 2.50. The molecule has 0 unspecified atom stereocenters. The molecule has 2 aliphatic carbocycles. The van der Waals surface area contributed by atoms with Crippen LogP contribution >= 0.6 is 0 Å². The summed E-state index contributed by atoms with van der Waals surface area (Å²) in [5.74, 6) is 0.0993. The van der Waals surface area contributed by atoms with Crippen LogP contribution in [0.25, 0.3) is 0 Å². The molecule has 0 amide bonds. The van der Waals surface area contributed by atoms with Crippen LogP contribution in [0.2, 0.25) is 0 Å². The van der Waals surface area contributed by atoms with Gasteiger partial charge in [0.15, 0.2) is 5.78 Å². The van der Waals surface area contributed by atoms with Gasteiger partial charge in [0.1, 0.15) is 0 Å². The Labute approximate surface area is 115 Å². The second kappa shape index (κ2) is 5.22. The van der Waals surface area contributed by atoms with Gasteiger partial charge in [-0.2, -0.15) is 0 Å². The van der Waals surface area contributed by atoms with Crippen molar-refractivity contribution in [1.82, 2.24) is 0 Å². The zero-order valence-electron chi connectivity index (χ0n) is 12.1. The summed E-state index contributed by atoms with van der Waals surface area (Å²) in [5, 5.41) is 19.7. The van der Waals surface area contributed by atoms with E-state index >= 15 is 0 Å². The summed E-state index contributed by atoms with van der Waals surface area (Å²) in [7, 11) is 0. The van der Waals surface area contributed by atoms with Crippen molar-refractivity contribution in [2.24, 2.45) is 5.41 Å². The molecule has 3 nitrogen and oxygen atoms in total. The van der Waals surface area contributed by atoms with Crippen LogP contribution in [0.5, 0.6) is 0 Å². The molecular weight excluding hydrogens is 240 g/mol. The van der Waals surface area contributed by atoms with Crippen molar-refractivity contribution in [1.29, 1.82) is 0 Å². The number of carbonyl (C=O) groups is 1. The number of Topliss-reactive ketones (excluding diaryl/α,β-unsaturated/α-hetero) is 1. The summed E-state index contributed by atoms with van der Waals surface area (Å²) in [5.41, 5.74) is 2.42. The molecule has 106 valence electrons. The number of carbonyl (C=O) groups excluding carboxylic acids is 1. The van der Waals surface area contributed by atoms with Gasteiger partial charge < -0.3 is 10.2 Å². The van der Waals surface area contributed by atoms with E-state index in [-0.39, 0.29) is 17.3 Å². The van der Waals surface area contributed by atoms with E-state index in [1.807, 2.05) is 13.0 Å². The van der Waals surface area contributed by atoms with Crippen LogP contribution in [0.15, 0.2) is 22.8 Å². The number of fused-ring (bicyclic) bond motifs is 1. The van der Waals surface area contributed by atoms with E-state index < -0.39 is 6.10 Å². The summed E-state index contributed by atoms with van der Waals surface area (Å²) in [6.45, 7) is 5.66. The highest BCUT2D eigenvalue weighted by atomic mass is 16.3. The Balaban J connectivity index is 2.38. The number of hydrogen-bond donors (Lipinski definition) is 2. The first kappa shape index (κ1) is 14.5. The molecule has 0 aromatic heterocycles. The van der Waals surface area contributed by atoms with Gasteiger partial charge in [0.25, 0.3) is 0 Å². The Morgan fingerprint density at radius 3 is 2.84 bits per heavy atom. The molecule has 0 saturated heterocycles. The minimum Gasteiger partial charge on any atom is -0.393 e. The molecule has 0 bridgehead atoms. The quantitative estimate of drug-likeness (QED) is 0.753. The van der Waals surface area contributed by atoms with Gasteiger partial charge in [-0.25, -0.2) is 0 Å². The number of aliphatic hydroxyl groups is 2. The average Bonchev–Trinajstić information content (AvgIpc) is 2.35. The lowest BCUT2D eigenvalue weighted by molar-refractivity contribution is -0.113. The van der Waals surface area contributed by atoms with Gasteiger partial charge in [0, 0.05) is 5.41 Å². The summed E-state index contributed by atoms with van der Waals surface area (Å²) >= 11 is 0. The molecule has 1 fully saturated rings. The van der Waals surface area contributed by atoms with Crippen molar-refractivity contribution in [3.63, 3.8) is 0 Å². The number of aliphatic hydroxyl groups excluding tert-OH is 2. The zero-order valence-corrected chi connectivity index (χ0v) is 12.1. The molecule has 2 aliphatic rings. The van der Waals surface area contributed by atoms with E-state index in [1.54, 1.807) is 6.92 Å². The third-order valence-electron chi connectivity index (χ3n) is 4.68. The number of rotatable bonds is 2. The summed E-state index contributed by atoms with van der Waals surface area (Å²) < 4.78 is 0. The fourth-order valence-electron chi connectivity index (χ4n) is 3.45. The molecule has 0 spiro atoms. The standard InChI is InChI=1S/C16H24O3/c1-10(17)7-8-12-9-16(3)13(11(2)15(12)19)5-4-6-14(16)18/h8,10,14,17-18H,4-7,9H2,1-3H3/b12-8+/t10-,14+,16+/m1/s1. The van der Waals surface area contributed by atoms with Gasteiger partial charge in [-0.05, 0) is 57.1 Å². The van der Waals surface area contributed by atoms with E-state index in [1.165, 1.54) is 0 Å². The van der Waals surface area contributed by atoms with Crippen LogP contribution in [-0.2, 0) is 4.79 Å². The summed E-state index contributed by atoms with van der Waals surface area (Å²) in [4.78, 5) is 12.4. The largest absolute Gasteiger partial charge is 0.393 e. The van der Waals surface area contributed by atoms with Crippen molar-refractivity contribution in [3.05, 3.63) is 22.8 Å². The first-order valence-corrected chi connectivity index (χ1v) is 7.16. The first-order valence-electron chi connectivity index (χ1n) is 7.16. The van der Waals surface area contributed by atoms with E-state index in [0.717, 1.165) is 36.0 Å². The van der Waals surface area contributed by atoms with Crippen LogP contribution in [0.4, 0.5) is 0 Å². The summed E-state index contributed by atoms with van der Waals surface area (Å²) in [6.07, 6.45) is 4.84. The molecule has 3 atom stereocenters. The minimum absolute atomic E-state index is 0.0993. The predicted octanol–water partition coefficient (Wildman–Crippen LogP) is 2.52. The highest BCUT2D eigenvalue weighted by Gasteiger charge is 2.45. The average molecular weight is 264 g/mol. The molecule has 0 aliphatic heterocycles. The third-order valence-corrected chi connectivity index (χ3v) is 4.68. The molecule has 0 aromatic rings. The van der Waals surface area contributed by atoms with Crippen LogP contribution in [-0.4, -0.2) is 28.2 Å². The van der Waals surface area contributed by atoms with Crippen molar-refractivity contribution < 1.29 is 15.0 Å². The third kappa shape index (κ3) is 2.54. The van der Waals surface area contributed by atoms with Gasteiger partial charge in [0.2, 0.25) is 0 Å². The molecule has 2 rings (SSSR count). The Hall–Kier alpha value is -0.930. The maximum Gasteiger partial charge on any atom is 0.184 e. The Bertz CT molecular complexity index is 445. The lowest BCUT2D eigenvalue weighted by Crippen LogP contribution is -2.42. The van der Waals surface area contributed by atoms with E-state index in [4.69, 9.17) is 0 Å². The van der Waals surface area contributed by atoms with Crippen molar-refractivity contribution in [3.8, 4) is 0 Å². The topological polar surface area (TPSA) is 57.5 Å². The lowest BCUT2D eigenvalue weighted by Gasteiger charge is -2.45. The fourth-order valence-corrected chi connectivity index (χ4v) is 3.45. The maximum atomic E-state index is 12.4. The minimum atomic E-state index is -0.435. The Morgan fingerprint density at radius 2 is 2.21 bits per heavy atom. The Kier molecular flexibility index (Phi) is 3.98. The normalized spacial score (nSPS) is 35.5. The molecule has 0 radical (unpaired) electrons. The second-order valence-electron chi connectivity index (χ2n) is 6.25. The SMILES string of the molecule is CC1=C2CCC[C@H](O)[C@@]2(C)C/C(=C\C[C@@H](C)O)C1=O. The monoisotopic (exact) mass is 264 g/mol.